The number of aromatic hydroxyl groups is 1. The second kappa shape index (κ2) is 5.83. The zero-order valence-electron chi connectivity index (χ0n) is 11.5. The van der Waals surface area contributed by atoms with Gasteiger partial charge in [-0.25, -0.2) is 0 Å². The summed E-state index contributed by atoms with van der Waals surface area (Å²) in [6.45, 7) is 6.84. The fourth-order valence-corrected chi connectivity index (χ4v) is 2.16. The van der Waals surface area contributed by atoms with Gasteiger partial charge < -0.3 is 5.11 Å². The molecule has 0 saturated heterocycles. The van der Waals surface area contributed by atoms with Crippen LogP contribution in [0.1, 0.15) is 19.4 Å². The number of phenols is 1. The maximum Gasteiger partial charge on any atom is 0.313 e. The Labute approximate surface area is 116 Å². The standard InChI is InChI=1S/C14H17N3O3/c1-3-16(4-2)9-10-7-11-5-6-12(17(19)20)14(18)13(11)15-8-10/h5-8,18H,3-4,9H2,1-2H3. The predicted octanol–water partition coefficient (Wildman–Crippen LogP) is 2.69. The van der Waals surface area contributed by atoms with Gasteiger partial charge in [0, 0.05) is 24.2 Å². The first-order valence-electron chi connectivity index (χ1n) is 6.54. The summed E-state index contributed by atoms with van der Waals surface area (Å²) in [7, 11) is 0. The highest BCUT2D eigenvalue weighted by Crippen LogP contribution is 2.32. The Morgan fingerprint density at radius 2 is 2.05 bits per heavy atom. The lowest BCUT2D eigenvalue weighted by Gasteiger charge is -2.17. The number of pyridine rings is 1. The summed E-state index contributed by atoms with van der Waals surface area (Å²) in [4.78, 5) is 16.6. The molecule has 0 aliphatic heterocycles. The molecule has 6 heteroatoms. The highest BCUT2D eigenvalue weighted by molar-refractivity contribution is 5.88. The number of nitro benzene ring substituents is 1. The van der Waals surface area contributed by atoms with E-state index in [1.807, 2.05) is 6.07 Å². The van der Waals surface area contributed by atoms with Crippen LogP contribution < -0.4 is 0 Å². The van der Waals surface area contributed by atoms with Crippen molar-refractivity contribution in [3.8, 4) is 5.75 Å². The Balaban J connectivity index is 2.41. The molecule has 20 heavy (non-hydrogen) atoms. The van der Waals surface area contributed by atoms with Gasteiger partial charge in [-0.3, -0.25) is 20.0 Å². The van der Waals surface area contributed by atoms with Gasteiger partial charge in [0.15, 0.2) is 0 Å². The average Bonchev–Trinajstić information content (AvgIpc) is 2.44. The van der Waals surface area contributed by atoms with Crippen molar-refractivity contribution >= 4 is 16.6 Å². The Morgan fingerprint density at radius 1 is 1.35 bits per heavy atom. The van der Waals surface area contributed by atoms with Crippen LogP contribution in [-0.4, -0.2) is 33.0 Å². The molecule has 6 nitrogen and oxygen atoms in total. The lowest BCUT2D eigenvalue weighted by molar-refractivity contribution is -0.385. The Bertz CT molecular complexity index is 639. The first-order valence-corrected chi connectivity index (χ1v) is 6.54. The van der Waals surface area contributed by atoms with E-state index in [1.54, 1.807) is 12.3 Å². The number of nitrogens with zero attached hydrogens (tertiary/aromatic N) is 3. The van der Waals surface area contributed by atoms with Crippen molar-refractivity contribution in [2.24, 2.45) is 0 Å². The van der Waals surface area contributed by atoms with Crippen LogP contribution in [0, 0.1) is 10.1 Å². The van der Waals surface area contributed by atoms with Crippen LogP contribution in [0.15, 0.2) is 24.4 Å². The number of hydrogen-bond acceptors (Lipinski definition) is 5. The molecular formula is C14H17N3O3. The highest BCUT2D eigenvalue weighted by atomic mass is 16.6. The van der Waals surface area contributed by atoms with E-state index in [-0.39, 0.29) is 17.0 Å². The van der Waals surface area contributed by atoms with Gasteiger partial charge >= 0.3 is 5.69 Å². The third-order valence-corrected chi connectivity index (χ3v) is 3.36. The second-order valence-corrected chi connectivity index (χ2v) is 4.57. The molecule has 0 radical (unpaired) electrons. The third kappa shape index (κ3) is 2.70. The Morgan fingerprint density at radius 3 is 2.65 bits per heavy atom. The summed E-state index contributed by atoms with van der Waals surface area (Å²) >= 11 is 0. The maximum atomic E-state index is 10.8. The molecule has 1 N–H and O–H groups in total. The van der Waals surface area contributed by atoms with Gasteiger partial charge in [-0.15, -0.1) is 0 Å². The number of phenolic OH excluding ortho intramolecular Hbond substituents is 1. The Kier molecular flexibility index (Phi) is 4.14. The van der Waals surface area contributed by atoms with Crippen molar-refractivity contribution < 1.29 is 10.0 Å². The molecule has 0 spiro atoms. The molecule has 0 aliphatic rings. The topological polar surface area (TPSA) is 79.5 Å². The van der Waals surface area contributed by atoms with Crippen LogP contribution in [-0.2, 0) is 6.54 Å². The van der Waals surface area contributed by atoms with Gasteiger partial charge in [-0.1, -0.05) is 13.8 Å². The second-order valence-electron chi connectivity index (χ2n) is 4.57. The molecule has 2 aromatic rings. The summed E-state index contributed by atoms with van der Waals surface area (Å²) in [5.41, 5.74) is 0.971. The lowest BCUT2D eigenvalue weighted by Crippen LogP contribution is -2.22. The van der Waals surface area contributed by atoms with Crippen LogP contribution in [0.25, 0.3) is 10.9 Å². The summed E-state index contributed by atoms with van der Waals surface area (Å²) in [5, 5.41) is 21.3. The van der Waals surface area contributed by atoms with Crippen molar-refractivity contribution in [1.82, 2.24) is 9.88 Å². The van der Waals surface area contributed by atoms with Gasteiger partial charge in [-0.2, -0.15) is 0 Å². The smallest absolute Gasteiger partial charge is 0.313 e. The summed E-state index contributed by atoms with van der Waals surface area (Å²) < 4.78 is 0. The van der Waals surface area contributed by atoms with Gasteiger partial charge in [0.25, 0.3) is 0 Å². The van der Waals surface area contributed by atoms with Crippen LogP contribution in [0.5, 0.6) is 5.75 Å². The molecule has 0 aliphatic carbocycles. The summed E-state index contributed by atoms with van der Waals surface area (Å²) in [5.74, 6) is -0.373. The van der Waals surface area contributed by atoms with E-state index in [4.69, 9.17) is 0 Å². The minimum Gasteiger partial charge on any atom is -0.501 e. The van der Waals surface area contributed by atoms with E-state index in [1.165, 1.54) is 6.07 Å². The molecule has 0 saturated carbocycles. The molecule has 0 amide bonds. The minimum absolute atomic E-state index is 0.266. The zero-order chi connectivity index (χ0) is 14.7. The zero-order valence-corrected chi connectivity index (χ0v) is 11.5. The number of nitro groups is 1. The summed E-state index contributed by atoms with van der Waals surface area (Å²) in [6, 6.07) is 4.83. The van der Waals surface area contributed by atoms with Gasteiger partial charge in [0.05, 0.1) is 4.92 Å². The van der Waals surface area contributed by atoms with Crippen molar-refractivity contribution in [3.63, 3.8) is 0 Å². The molecule has 0 atom stereocenters. The first-order chi connectivity index (χ1) is 9.56. The molecule has 1 aromatic carbocycles. The first kappa shape index (κ1) is 14.2. The predicted molar refractivity (Wildman–Crippen MR) is 76.7 cm³/mol. The van der Waals surface area contributed by atoms with E-state index >= 15 is 0 Å². The van der Waals surface area contributed by atoms with Gasteiger partial charge in [0.1, 0.15) is 5.52 Å². The Hall–Kier alpha value is -2.21. The lowest BCUT2D eigenvalue weighted by atomic mass is 10.1. The number of fused-ring (bicyclic) bond motifs is 1. The normalized spacial score (nSPS) is 11.2. The van der Waals surface area contributed by atoms with E-state index in [0.717, 1.165) is 25.2 Å². The quantitative estimate of drug-likeness (QED) is 0.670. The molecule has 106 valence electrons. The molecule has 1 aromatic heterocycles. The molecule has 2 rings (SSSR count). The maximum absolute atomic E-state index is 10.8. The highest BCUT2D eigenvalue weighted by Gasteiger charge is 2.17. The van der Waals surface area contributed by atoms with E-state index in [2.05, 4.69) is 23.7 Å². The van der Waals surface area contributed by atoms with Crippen LogP contribution in [0.3, 0.4) is 0 Å². The van der Waals surface area contributed by atoms with Crippen molar-refractivity contribution in [1.29, 1.82) is 0 Å². The SMILES string of the molecule is CCN(CC)Cc1cnc2c(O)c([N+](=O)[O-])ccc2c1. The largest absolute Gasteiger partial charge is 0.501 e. The number of rotatable bonds is 5. The molecule has 0 unspecified atom stereocenters. The van der Waals surface area contributed by atoms with Crippen molar-refractivity contribution in [2.75, 3.05) is 13.1 Å². The average molecular weight is 275 g/mol. The summed E-state index contributed by atoms with van der Waals surface area (Å²) in [6.07, 6.45) is 1.66. The molecule has 0 fully saturated rings. The van der Waals surface area contributed by atoms with Gasteiger partial charge in [-0.05, 0) is 30.8 Å². The van der Waals surface area contributed by atoms with Crippen molar-refractivity contribution in [3.05, 3.63) is 40.1 Å². The number of benzene rings is 1. The van der Waals surface area contributed by atoms with Crippen LogP contribution in [0.2, 0.25) is 0 Å². The number of aromatic nitrogens is 1. The van der Waals surface area contributed by atoms with Crippen molar-refractivity contribution in [2.45, 2.75) is 20.4 Å². The van der Waals surface area contributed by atoms with Gasteiger partial charge in [0.2, 0.25) is 5.75 Å². The third-order valence-electron chi connectivity index (χ3n) is 3.36. The van der Waals surface area contributed by atoms with Crippen LogP contribution >= 0.6 is 0 Å². The molecular weight excluding hydrogens is 258 g/mol. The monoisotopic (exact) mass is 275 g/mol. The number of hydrogen-bond donors (Lipinski definition) is 1. The van der Waals surface area contributed by atoms with Crippen LogP contribution in [0.4, 0.5) is 5.69 Å². The molecule has 0 bridgehead atoms. The minimum atomic E-state index is -0.611. The fourth-order valence-electron chi connectivity index (χ4n) is 2.16. The fraction of sp³-hybridized carbons (Fsp3) is 0.357. The van der Waals surface area contributed by atoms with E-state index in [9.17, 15) is 15.2 Å². The molecule has 1 heterocycles. The van der Waals surface area contributed by atoms with E-state index in [0.29, 0.717) is 5.39 Å². The van der Waals surface area contributed by atoms with E-state index < -0.39 is 4.92 Å².